The van der Waals surface area contributed by atoms with Crippen LogP contribution in [0.5, 0.6) is 0 Å². The van der Waals surface area contributed by atoms with E-state index in [9.17, 15) is 0 Å². The van der Waals surface area contributed by atoms with E-state index >= 15 is 0 Å². The second kappa shape index (κ2) is 6.26. The summed E-state index contributed by atoms with van der Waals surface area (Å²) in [6.07, 6.45) is 0. The predicted molar refractivity (Wildman–Crippen MR) is 92.8 cm³/mol. The summed E-state index contributed by atoms with van der Waals surface area (Å²) >= 11 is 5.29. The Bertz CT molecular complexity index is 703. The lowest BCUT2D eigenvalue weighted by molar-refractivity contribution is -0.923. The van der Waals surface area contributed by atoms with Crippen LogP contribution in [0.3, 0.4) is 0 Å². The summed E-state index contributed by atoms with van der Waals surface area (Å²) in [6.45, 7) is 3.26. The Kier molecular flexibility index (Phi) is 4.38. The lowest BCUT2D eigenvalue weighted by Crippen LogP contribution is -3.07. The van der Waals surface area contributed by atoms with Crippen molar-refractivity contribution in [2.45, 2.75) is 19.5 Å². The van der Waals surface area contributed by atoms with Crippen molar-refractivity contribution in [1.29, 1.82) is 0 Å². The molecule has 2 nitrogen and oxygen atoms in total. The zero-order valence-electron chi connectivity index (χ0n) is 12.1. The molecule has 0 spiro atoms. The summed E-state index contributed by atoms with van der Waals surface area (Å²) in [6, 6.07) is 17.3. The van der Waals surface area contributed by atoms with Gasteiger partial charge in [-0.25, -0.2) is 4.98 Å². The first kappa shape index (κ1) is 14.7. The van der Waals surface area contributed by atoms with Gasteiger partial charge >= 0.3 is 0 Å². The molecule has 2 aromatic carbocycles. The molecule has 1 N–H and O–H groups in total. The molecule has 0 saturated carbocycles. The molecule has 4 heteroatoms. The van der Waals surface area contributed by atoms with Crippen LogP contribution >= 0.6 is 27.3 Å². The third-order valence-electron chi connectivity index (χ3n) is 3.82. The Labute approximate surface area is 137 Å². The summed E-state index contributed by atoms with van der Waals surface area (Å²) in [5.41, 5.74) is 2.46. The summed E-state index contributed by atoms with van der Waals surface area (Å²) < 4.78 is 2.40. The number of hydrogen-bond acceptors (Lipinski definition) is 2. The Hall–Kier alpha value is -1.23. The van der Waals surface area contributed by atoms with Gasteiger partial charge in [0.15, 0.2) is 5.01 Å². The van der Waals surface area contributed by atoms with E-state index < -0.39 is 0 Å². The largest absolute Gasteiger partial charge is 0.326 e. The van der Waals surface area contributed by atoms with Gasteiger partial charge < -0.3 is 4.90 Å². The molecular weight excluding hydrogens is 344 g/mol. The number of halogens is 1. The van der Waals surface area contributed by atoms with Gasteiger partial charge in [0.05, 0.1) is 17.3 Å². The van der Waals surface area contributed by atoms with E-state index in [1.165, 1.54) is 20.2 Å². The number of thiazole rings is 1. The minimum atomic E-state index is 0.394. The number of hydrogen-bond donors (Lipinski definition) is 1. The van der Waals surface area contributed by atoms with Crippen LogP contribution < -0.4 is 4.90 Å². The lowest BCUT2D eigenvalue weighted by atomic mass is 10.2. The highest BCUT2D eigenvalue weighted by atomic mass is 79.9. The van der Waals surface area contributed by atoms with Crippen molar-refractivity contribution in [3.8, 4) is 0 Å². The van der Waals surface area contributed by atoms with Gasteiger partial charge in [0, 0.05) is 10.0 Å². The number of quaternary nitrogens is 1. The topological polar surface area (TPSA) is 17.3 Å². The van der Waals surface area contributed by atoms with Gasteiger partial charge in [0.2, 0.25) is 0 Å². The normalized spacial score (nSPS) is 14.2. The van der Waals surface area contributed by atoms with Crippen molar-refractivity contribution >= 4 is 37.5 Å². The molecular formula is C17H18BrN2S+. The Morgan fingerprint density at radius 2 is 1.86 bits per heavy atom. The molecule has 21 heavy (non-hydrogen) atoms. The van der Waals surface area contributed by atoms with Crippen molar-refractivity contribution in [1.82, 2.24) is 4.98 Å². The van der Waals surface area contributed by atoms with Gasteiger partial charge in [-0.15, -0.1) is 11.3 Å². The minimum Gasteiger partial charge on any atom is -0.326 e. The highest BCUT2D eigenvalue weighted by Gasteiger charge is 2.19. The van der Waals surface area contributed by atoms with Crippen LogP contribution in [0.25, 0.3) is 10.2 Å². The van der Waals surface area contributed by atoms with E-state index in [2.05, 4.69) is 78.4 Å². The second-order valence-electron chi connectivity index (χ2n) is 5.39. The monoisotopic (exact) mass is 361 g/mol. The molecule has 3 rings (SSSR count). The molecule has 0 fully saturated rings. The number of nitrogens with one attached hydrogen (secondary N) is 1. The molecule has 0 saturated heterocycles. The van der Waals surface area contributed by atoms with Gasteiger partial charge in [0.25, 0.3) is 0 Å². The van der Waals surface area contributed by atoms with Crippen molar-refractivity contribution in [2.75, 3.05) is 7.05 Å². The molecule has 0 amide bonds. The first-order valence-electron chi connectivity index (χ1n) is 7.05. The van der Waals surface area contributed by atoms with E-state index in [4.69, 9.17) is 4.98 Å². The third kappa shape index (κ3) is 3.34. The standard InChI is InChI=1S/C17H17BrN2S/c1-12(17-19-15-5-3-4-6-16(15)21-17)20(2)11-13-7-9-14(18)10-8-13/h3-10,12H,11H2,1-2H3/p+1/t12-/m0/s1. The fourth-order valence-electron chi connectivity index (χ4n) is 2.36. The fourth-order valence-corrected chi connectivity index (χ4v) is 3.74. The maximum atomic E-state index is 4.78. The average molecular weight is 362 g/mol. The number of benzene rings is 2. The molecule has 2 atom stereocenters. The maximum absolute atomic E-state index is 4.78. The van der Waals surface area contributed by atoms with E-state index in [1.54, 1.807) is 0 Å². The molecule has 1 aromatic heterocycles. The number of rotatable bonds is 4. The Morgan fingerprint density at radius 3 is 2.57 bits per heavy atom. The van der Waals surface area contributed by atoms with Gasteiger partial charge in [-0.2, -0.15) is 0 Å². The molecule has 0 bridgehead atoms. The quantitative estimate of drug-likeness (QED) is 0.747. The van der Waals surface area contributed by atoms with E-state index in [1.807, 2.05) is 11.3 Å². The Balaban J connectivity index is 1.77. The average Bonchev–Trinajstić information content (AvgIpc) is 2.92. The number of fused-ring (bicyclic) bond motifs is 1. The van der Waals surface area contributed by atoms with E-state index in [0.29, 0.717) is 6.04 Å². The van der Waals surface area contributed by atoms with E-state index in [-0.39, 0.29) is 0 Å². The SMILES string of the molecule is C[C@@H](c1nc2ccccc2s1)[NH+](C)Cc1ccc(Br)cc1. The summed E-state index contributed by atoms with van der Waals surface area (Å²) in [4.78, 5) is 6.23. The molecule has 108 valence electrons. The first-order chi connectivity index (χ1) is 10.1. The maximum Gasteiger partial charge on any atom is 0.151 e. The van der Waals surface area contributed by atoms with Crippen LogP contribution in [0.15, 0.2) is 53.0 Å². The summed E-state index contributed by atoms with van der Waals surface area (Å²) in [5.74, 6) is 0. The molecule has 1 heterocycles. The first-order valence-corrected chi connectivity index (χ1v) is 8.66. The molecule has 0 aliphatic heterocycles. The molecule has 3 aromatic rings. The molecule has 0 aliphatic carbocycles. The Morgan fingerprint density at radius 1 is 1.14 bits per heavy atom. The number of para-hydroxylation sites is 1. The van der Waals surface area contributed by atoms with Crippen molar-refractivity contribution in [2.24, 2.45) is 0 Å². The fraction of sp³-hybridized carbons (Fsp3) is 0.235. The van der Waals surface area contributed by atoms with Crippen LogP contribution in [0.1, 0.15) is 23.5 Å². The van der Waals surface area contributed by atoms with Crippen LogP contribution in [0, 0.1) is 0 Å². The lowest BCUT2D eigenvalue weighted by Gasteiger charge is -2.20. The predicted octanol–water partition coefficient (Wildman–Crippen LogP) is 3.83. The van der Waals surface area contributed by atoms with Crippen LogP contribution in [-0.2, 0) is 6.54 Å². The summed E-state index contributed by atoms with van der Waals surface area (Å²) in [7, 11) is 2.23. The van der Waals surface area contributed by atoms with Gasteiger partial charge in [0.1, 0.15) is 12.6 Å². The zero-order valence-corrected chi connectivity index (χ0v) is 14.5. The molecule has 1 unspecified atom stereocenters. The summed E-state index contributed by atoms with van der Waals surface area (Å²) in [5, 5.41) is 1.21. The van der Waals surface area contributed by atoms with E-state index in [0.717, 1.165) is 16.5 Å². The number of nitrogens with zero attached hydrogens (tertiary/aromatic N) is 1. The molecule has 0 aliphatic rings. The van der Waals surface area contributed by atoms with Crippen LogP contribution in [-0.4, -0.2) is 12.0 Å². The molecule has 0 radical (unpaired) electrons. The van der Waals surface area contributed by atoms with Crippen LogP contribution in [0.4, 0.5) is 0 Å². The third-order valence-corrected chi connectivity index (χ3v) is 5.56. The second-order valence-corrected chi connectivity index (χ2v) is 7.37. The van der Waals surface area contributed by atoms with Crippen molar-refractivity contribution in [3.63, 3.8) is 0 Å². The zero-order chi connectivity index (χ0) is 14.8. The highest BCUT2D eigenvalue weighted by molar-refractivity contribution is 9.10. The van der Waals surface area contributed by atoms with Gasteiger partial charge in [-0.3, -0.25) is 0 Å². The van der Waals surface area contributed by atoms with Gasteiger partial charge in [-0.05, 0) is 31.2 Å². The van der Waals surface area contributed by atoms with Crippen molar-refractivity contribution in [3.05, 3.63) is 63.6 Å². The van der Waals surface area contributed by atoms with Gasteiger partial charge in [-0.1, -0.05) is 40.2 Å². The number of aromatic nitrogens is 1. The smallest absolute Gasteiger partial charge is 0.151 e. The highest BCUT2D eigenvalue weighted by Crippen LogP contribution is 2.24. The van der Waals surface area contributed by atoms with Crippen molar-refractivity contribution < 1.29 is 4.90 Å². The van der Waals surface area contributed by atoms with Crippen LogP contribution in [0.2, 0.25) is 0 Å². The minimum absolute atomic E-state index is 0.394.